The number of thiophene rings is 2. The van der Waals surface area contributed by atoms with Crippen LogP contribution in [0.1, 0.15) is 38.9 Å². The molecule has 23 heavy (non-hydrogen) atoms. The molecule has 0 spiro atoms. The quantitative estimate of drug-likeness (QED) is 0.692. The summed E-state index contributed by atoms with van der Waals surface area (Å²) in [6.45, 7) is 5.98. The Morgan fingerprint density at radius 2 is 2.13 bits per heavy atom. The normalized spacial score (nSPS) is 11.5. The van der Waals surface area contributed by atoms with E-state index in [1.807, 2.05) is 36.7 Å². The summed E-state index contributed by atoms with van der Waals surface area (Å²) >= 11 is 3.12. The van der Waals surface area contributed by atoms with E-state index in [1.165, 1.54) is 11.3 Å². The van der Waals surface area contributed by atoms with Crippen molar-refractivity contribution in [3.05, 3.63) is 39.1 Å². The van der Waals surface area contributed by atoms with Crippen LogP contribution in [0.5, 0.6) is 0 Å². The molecule has 0 saturated carbocycles. The van der Waals surface area contributed by atoms with Gasteiger partial charge < -0.3 is 0 Å². The number of rotatable bonds is 5. The first kappa shape index (κ1) is 16.1. The zero-order valence-electron chi connectivity index (χ0n) is 13.3. The number of aromatic nitrogens is 2. The predicted molar refractivity (Wildman–Crippen MR) is 96.6 cm³/mol. The van der Waals surface area contributed by atoms with Gasteiger partial charge in [0.15, 0.2) is 0 Å². The van der Waals surface area contributed by atoms with E-state index in [-0.39, 0.29) is 17.3 Å². The maximum atomic E-state index is 13.1. The van der Waals surface area contributed by atoms with Crippen LogP contribution in [0.2, 0.25) is 0 Å². The summed E-state index contributed by atoms with van der Waals surface area (Å²) < 4.78 is 1.68. The minimum absolute atomic E-state index is 0.0374. The van der Waals surface area contributed by atoms with Crippen LogP contribution in [0.3, 0.4) is 0 Å². The summed E-state index contributed by atoms with van der Waals surface area (Å²) in [6, 6.07) is 4.00. The van der Waals surface area contributed by atoms with Gasteiger partial charge in [-0.2, -0.15) is 0 Å². The highest BCUT2D eigenvalue weighted by molar-refractivity contribution is 7.18. The molecule has 6 heteroatoms. The molecule has 0 atom stereocenters. The molecule has 0 aromatic carbocycles. The van der Waals surface area contributed by atoms with E-state index in [2.05, 4.69) is 0 Å². The first-order valence-electron chi connectivity index (χ1n) is 7.54. The maximum absolute atomic E-state index is 13.1. The Morgan fingerprint density at radius 3 is 2.74 bits per heavy atom. The van der Waals surface area contributed by atoms with Gasteiger partial charge >= 0.3 is 0 Å². The third kappa shape index (κ3) is 3.01. The summed E-state index contributed by atoms with van der Waals surface area (Å²) in [6.07, 6.45) is 0.352. The SMILES string of the molecule is CC(=O)CCn1c(C(C)C)nc2scc(-c3cccs3)c2c1=O. The standard InChI is InChI=1S/C17H18N2O2S2/c1-10(2)15-18-16-14(17(21)19(15)7-6-11(3)20)12(9-23-16)13-5-4-8-22-13/h4-5,8-10H,6-7H2,1-3H3. The van der Waals surface area contributed by atoms with Gasteiger partial charge in [-0.3, -0.25) is 14.2 Å². The van der Waals surface area contributed by atoms with E-state index in [0.29, 0.717) is 18.4 Å². The molecule has 120 valence electrons. The fraction of sp³-hybridized carbons (Fsp3) is 0.353. The van der Waals surface area contributed by atoms with E-state index in [1.54, 1.807) is 22.8 Å². The lowest BCUT2D eigenvalue weighted by Gasteiger charge is -2.14. The zero-order chi connectivity index (χ0) is 16.6. The number of hydrogen-bond donors (Lipinski definition) is 0. The van der Waals surface area contributed by atoms with Gasteiger partial charge in [0.05, 0.1) is 5.39 Å². The van der Waals surface area contributed by atoms with Crippen LogP contribution < -0.4 is 5.56 Å². The molecule has 0 fully saturated rings. The van der Waals surface area contributed by atoms with Gasteiger partial charge in [0, 0.05) is 34.7 Å². The molecule has 3 heterocycles. The van der Waals surface area contributed by atoms with Gasteiger partial charge in [-0.25, -0.2) is 4.98 Å². The smallest absolute Gasteiger partial charge is 0.262 e. The van der Waals surface area contributed by atoms with Gasteiger partial charge in [0.25, 0.3) is 5.56 Å². The summed E-state index contributed by atoms with van der Waals surface area (Å²) in [5, 5.41) is 4.68. The Labute approximate surface area is 142 Å². The molecule has 0 aliphatic carbocycles. The Balaban J connectivity index is 2.24. The number of ketones is 1. The van der Waals surface area contributed by atoms with Gasteiger partial charge in [-0.1, -0.05) is 19.9 Å². The third-order valence-corrected chi connectivity index (χ3v) is 5.49. The summed E-state index contributed by atoms with van der Waals surface area (Å²) in [4.78, 5) is 31.0. The Hall–Kier alpha value is -1.79. The number of fused-ring (bicyclic) bond motifs is 1. The first-order valence-corrected chi connectivity index (χ1v) is 9.30. The Bertz CT molecular complexity index is 905. The highest BCUT2D eigenvalue weighted by Gasteiger charge is 2.19. The van der Waals surface area contributed by atoms with Gasteiger partial charge in [0.1, 0.15) is 16.4 Å². The number of Topliss-reactive ketones (excluding diaryl/α,β-unsaturated/α-hetero) is 1. The Morgan fingerprint density at radius 1 is 1.35 bits per heavy atom. The van der Waals surface area contributed by atoms with Crippen molar-refractivity contribution in [3.63, 3.8) is 0 Å². The van der Waals surface area contributed by atoms with Crippen LogP contribution >= 0.6 is 22.7 Å². The highest BCUT2D eigenvalue weighted by atomic mass is 32.1. The minimum atomic E-state index is -0.0374. The van der Waals surface area contributed by atoms with E-state index in [0.717, 1.165) is 21.1 Å². The minimum Gasteiger partial charge on any atom is -0.300 e. The average molecular weight is 346 g/mol. The highest BCUT2D eigenvalue weighted by Crippen LogP contribution is 2.34. The molecule has 0 aliphatic heterocycles. The predicted octanol–water partition coefficient (Wildman–Crippen LogP) is 4.29. The van der Waals surface area contributed by atoms with Crippen LogP contribution in [0.4, 0.5) is 0 Å². The van der Waals surface area contributed by atoms with Crippen molar-refractivity contribution < 1.29 is 4.79 Å². The zero-order valence-corrected chi connectivity index (χ0v) is 15.0. The second kappa shape index (κ2) is 6.37. The summed E-state index contributed by atoms with van der Waals surface area (Å²) in [7, 11) is 0. The number of hydrogen-bond acceptors (Lipinski definition) is 5. The van der Waals surface area contributed by atoms with Crippen molar-refractivity contribution in [2.24, 2.45) is 0 Å². The molecular formula is C17H18N2O2S2. The first-order chi connectivity index (χ1) is 11.0. The van der Waals surface area contributed by atoms with Gasteiger partial charge in [-0.05, 0) is 18.4 Å². The van der Waals surface area contributed by atoms with Crippen LogP contribution in [0.15, 0.2) is 27.7 Å². The lowest BCUT2D eigenvalue weighted by molar-refractivity contribution is -0.117. The second-order valence-electron chi connectivity index (χ2n) is 5.84. The van der Waals surface area contributed by atoms with E-state index in [4.69, 9.17) is 4.98 Å². The number of nitrogens with zero attached hydrogens (tertiary/aromatic N) is 2. The van der Waals surface area contributed by atoms with Crippen molar-refractivity contribution in [2.45, 2.75) is 39.7 Å². The van der Waals surface area contributed by atoms with Crippen molar-refractivity contribution >= 4 is 38.7 Å². The molecule has 3 rings (SSSR count). The largest absolute Gasteiger partial charge is 0.300 e. The number of carbonyl (C=O) groups excluding carboxylic acids is 1. The molecule has 3 aromatic rings. The van der Waals surface area contributed by atoms with Crippen molar-refractivity contribution in [2.75, 3.05) is 0 Å². The summed E-state index contributed by atoms with van der Waals surface area (Å²) in [5.41, 5.74) is 0.911. The van der Waals surface area contributed by atoms with Crippen LogP contribution in [-0.2, 0) is 11.3 Å². The fourth-order valence-electron chi connectivity index (χ4n) is 2.58. The Kier molecular flexibility index (Phi) is 4.46. The fourth-order valence-corrected chi connectivity index (χ4v) is 4.34. The van der Waals surface area contributed by atoms with Gasteiger partial charge in [0.2, 0.25) is 0 Å². The second-order valence-corrected chi connectivity index (χ2v) is 7.65. The number of carbonyl (C=O) groups is 1. The monoisotopic (exact) mass is 346 g/mol. The molecule has 0 aliphatic rings. The van der Waals surface area contributed by atoms with E-state index < -0.39 is 0 Å². The molecule has 4 nitrogen and oxygen atoms in total. The molecule has 0 N–H and O–H groups in total. The van der Waals surface area contributed by atoms with Gasteiger partial charge in [-0.15, -0.1) is 22.7 Å². The third-order valence-electron chi connectivity index (χ3n) is 3.71. The van der Waals surface area contributed by atoms with E-state index in [9.17, 15) is 9.59 Å². The molecule has 0 saturated heterocycles. The van der Waals surface area contributed by atoms with Crippen LogP contribution in [-0.4, -0.2) is 15.3 Å². The van der Waals surface area contributed by atoms with Crippen LogP contribution in [0.25, 0.3) is 20.7 Å². The van der Waals surface area contributed by atoms with E-state index >= 15 is 0 Å². The molecular weight excluding hydrogens is 328 g/mol. The molecule has 0 bridgehead atoms. The van der Waals surface area contributed by atoms with Crippen LogP contribution in [0, 0.1) is 0 Å². The van der Waals surface area contributed by atoms with Crippen molar-refractivity contribution in [1.29, 1.82) is 0 Å². The molecule has 0 amide bonds. The van der Waals surface area contributed by atoms with Crippen molar-refractivity contribution in [1.82, 2.24) is 9.55 Å². The topological polar surface area (TPSA) is 52.0 Å². The summed E-state index contributed by atoms with van der Waals surface area (Å²) in [5.74, 6) is 0.963. The molecule has 3 aromatic heterocycles. The molecule has 0 unspecified atom stereocenters. The average Bonchev–Trinajstić information content (AvgIpc) is 3.14. The lowest BCUT2D eigenvalue weighted by atomic mass is 10.1. The maximum Gasteiger partial charge on any atom is 0.262 e. The van der Waals surface area contributed by atoms with Crippen molar-refractivity contribution in [3.8, 4) is 10.4 Å². The molecule has 0 radical (unpaired) electrons. The lowest BCUT2D eigenvalue weighted by Crippen LogP contribution is -2.26.